The van der Waals surface area contributed by atoms with Gasteiger partial charge in [0, 0.05) is 49.2 Å². The van der Waals surface area contributed by atoms with E-state index in [4.69, 9.17) is 0 Å². The standard InChI is InChI=1S/C24H23N3O2/c28-22-9-5-15-26(22)20-12-10-19(11-13-20)24(29)27-17-16-25-14-4-8-21(25)23(27)18-6-2-1-3-7-18/h1-4,6-8,10-14,23H,5,9,15-17H2/t23-/m0/s1. The van der Waals surface area contributed by atoms with Crippen molar-refractivity contribution in [2.45, 2.75) is 25.4 Å². The van der Waals surface area contributed by atoms with Gasteiger partial charge in [-0.3, -0.25) is 9.59 Å². The van der Waals surface area contributed by atoms with E-state index in [1.165, 1.54) is 0 Å². The number of carbonyl (C=O) groups is 2. The molecule has 0 spiro atoms. The lowest BCUT2D eigenvalue weighted by molar-refractivity contribution is -0.117. The van der Waals surface area contributed by atoms with Crippen LogP contribution in [0.5, 0.6) is 0 Å². The van der Waals surface area contributed by atoms with Gasteiger partial charge in [0.2, 0.25) is 5.91 Å². The molecule has 0 aliphatic carbocycles. The number of aromatic nitrogens is 1. The summed E-state index contributed by atoms with van der Waals surface area (Å²) in [7, 11) is 0. The fraction of sp³-hybridized carbons (Fsp3) is 0.250. The van der Waals surface area contributed by atoms with Gasteiger partial charge in [0.1, 0.15) is 0 Å². The molecule has 5 nitrogen and oxygen atoms in total. The van der Waals surface area contributed by atoms with E-state index < -0.39 is 0 Å². The highest BCUT2D eigenvalue weighted by Gasteiger charge is 2.32. The second-order valence-corrected chi connectivity index (χ2v) is 7.63. The number of nitrogens with zero attached hydrogens (tertiary/aromatic N) is 3. The number of benzene rings is 2. The zero-order valence-electron chi connectivity index (χ0n) is 16.2. The van der Waals surface area contributed by atoms with Crippen molar-refractivity contribution >= 4 is 17.5 Å². The summed E-state index contributed by atoms with van der Waals surface area (Å²) >= 11 is 0. The molecular formula is C24H23N3O2. The third-order valence-electron chi connectivity index (χ3n) is 5.91. The largest absolute Gasteiger partial charge is 0.348 e. The smallest absolute Gasteiger partial charge is 0.254 e. The van der Waals surface area contributed by atoms with Gasteiger partial charge in [-0.15, -0.1) is 0 Å². The molecule has 0 radical (unpaired) electrons. The van der Waals surface area contributed by atoms with E-state index in [9.17, 15) is 9.59 Å². The lowest BCUT2D eigenvalue weighted by Crippen LogP contribution is -2.42. The zero-order chi connectivity index (χ0) is 19.8. The van der Waals surface area contributed by atoms with Gasteiger partial charge in [-0.05, 0) is 48.4 Å². The summed E-state index contributed by atoms with van der Waals surface area (Å²) in [6, 6.07) is 21.7. The molecule has 1 aromatic heterocycles. The summed E-state index contributed by atoms with van der Waals surface area (Å²) in [5.41, 5.74) is 3.77. The topological polar surface area (TPSA) is 45.6 Å². The number of anilines is 1. The molecule has 5 heteroatoms. The van der Waals surface area contributed by atoms with Crippen LogP contribution in [-0.2, 0) is 11.3 Å². The Labute approximate surface area is 170 Å². The first kappa shape index (κ1) is 17.7. The van der Waals surface area contributed by atoms with Crippen LogP contribution >= 0.6 is 0 Å². The number of amides is 2. The third kappa shape index (κ3) is 3.12. The Morgan fingerprint density at radius 1 is 0.862 bits per heavy atom. The number of hydrogen-bond donors (Lipinski definition) is 0. The average molecular weight is 385 g/mol. The van der Waals surface area contributed by atoms with Gasteiger partial charge in [-0.25, -0.2) is 0 Å². The molecule has 2 aliphatic heterocycles. The monoisotopic (exact) mass is 385 g/mol. The Hall–Kier alpha value is -3.34. The highest BCUT2D eigenvalue weighted by Crippen LogP contribution is 2.33. The quantitative estimate of drug-likeness (QED) is 0.687. The van der Waals surface area contributed by atoms with Crippen LogP contribution in [0.1, 0.15) is 40.5 Å². The Bertz CT molecular complexity index is 1040. The Morgan fingerprint density at radius 2 is 1.66 bits per heavy atom. The summed E-state index contributed by atoms with van der Waals surface area (Å²) in [5, 5.41) is 0. The molecule has 2 aromatic carbocycles. The molecular weight excluding hydrogens is 362 g/mol. The highest BCUT2D eigenvalue weighted by atomic mass is 16.2. The van der Waals surface area contributed by atoms with Crippen molar-refractivity contribution in [3.8, 4) is 0 Å². The van der Waals surface area contributed by atoms with Crippen molar-refractivity contribution < 1.29 is 9.59 Å². The minimum absolute atomic E-state index is 0.0191. The minimum Gasteiger partial charge on any atom is -0.348 e. The second-order valence-electron chi connectivity index (χ2n) is 7.63. The second kappa shape index (κ2) is 7.24. The number of fused-ring (bicyclic) bond motifs is 1. The molecule has 1 atom stereocenters. The fourth-order valence-corrected chi connectivity index (χ4v) is 4.46. The number of hydrogen-bond acceptors (Lipinski definition) is 2. The van der Waals surface area contributed by atoms with Crippen LogP contribution in [0.15, 0.2) is 72.9 Å². The maximum Gasteiger partial charge on any atom is 0.254 e. The van der Waals surface area contributed by atoms with Crippen molar-refractivity contribution in [1.82, 2.24) is 9.47 Å². The van der Waals surface area contributed by atoms with Crippen molar-refractivity contribution in [1.29, 1.82) is 0 Å². The average Bonchev–Trinajstić information content (AvgIpc) is 3.42. The van der Waals surface area contributed by atoms with Crippen LogP contribution in [0.4, 0.5) is 5.69 Å². The van der Waals surface area contributed by atoms with Crippen molar-refractivity contribution in [3.05, 3.63) is 89.7 Å². The van der Waals surface area contributed by atoms with E-state index in [-0.39, 0.29) is 17.9 Å². The molecule has 1 fully saturated rings. The molecule has 3 aromatic rings. The van der Waals surface area contributed by atoms with Crippen LogP contribution in [0.2, 0.25) is 0 Å². The molecule has 0 bridgehead atoms. The molecule has 5 rings (SSSR count). The van der Waals surface area contributed by atoms with Gasteiger partial charge >= 0.3 is 0 Å². The first-order valence-electron chi connectivity index (χ1n) is 10.1. The van der Waals surface area contributed by atoms with E-state index in [0.717, 1.165) is 36.5 Å². The van der Waals surface area contributed by atoms with Crippen LogP contribution in [0.25, 0.3) is 0 Å². The van der Waals surface area contributed by atoms with Crippen LogP contribution in [-0.4, -0.2) is 34.4 Å². The summed E-state index contributed by atoms with van der Waals surface area (Å²) < 4.78 is 2.23. The Morgan fingerprint density at radius 3 is 2.38 bits per heavy atom. The predicted octanol–water partition coefficient (Wildman–Crippen LogP) is 3.86. The zero-order valence-corrected chi connectivity index (χ0v) is 16.2. The van der Waals surface area contributed by atoms with Crippen molar-refractivity contribution in [2.75, 3.05) is 18.0 Å². The van der Waals surface area contributed by atoms with Gasteiger partial charge in [-0.2, -0.15) is 0 Å². The van der Waals surface area contributed by atoms with E-state index in [0.29, 0.717) is 18.5 Å². The molecule has 3 heterocycles. The van der Waals surface area contributed by atoms with E-state index in [2.05, 4.69) is 29.0 Å². The summed E-state index contributed by atoms with van der Waals surface area (Å²) in [4.78, 5) is 29.2. The highest BCUT2D eigenvalue weighted by molar-refractivity contribution is 5.98. The van der Waals surface area contributed by atoms with E-state index >= 15 is 0 Å². The summed E-state index contributed by atoms with van der Waals surface area (Å²) in [6.07, 6.45) is 3.58. The summed E-state index contributed by atoms with van der Waals surface area (Å²) in [6.45, 7) is 2.20. The van der Waals surface area contributed by atoms with E-state index in [1.807, 2.05) is 53.4 Å². The lowest BCUT2D eigenvalue weighted by atomic mass is 9.99. The number of rotatable bonds is 3. The lowest BCUT2D eigenvalue weighted by Gasteiger charge is -2.37. The normalized spacial score (nSPS) is 18.8. The molecule has 29 heavy (non-hydrogen) atoms. The van der Waals surface area contributed by atoms with Crippen LogP contribution in [0.3, 0.4) is 0 Å². The molecule has 0 N–H and O–H groups in total. The van der Waals surface area contributed by atoms with Gasteiger partial charge < -0.3 is 14.4 Å². The predicted molar refractivity (Wildman–Crippen MR) is 112 cm³/mol. The van der Waals surface area contributed by atoms with Gasteiger partial charge in [0.25, 0.3) is 5.91 Å². The first-order chi connectivity index (χ1) is 14.2. The minimum atomic E-state index is -0.104. The van der Waals surface area contributed by atoms with Gasteiger partial charge in [0.05, 0.1) is 6.04 Å². The maximum atomic E-state index is 13.4. The first-order valence-corrected chi connectivity index (χ1v) is 10.1. The Balaban J connectivity index is 1.46. The van der Waals surface area contributed by atoms with Crippen LogP contribution < -0.4 is 4.90 Å². The van der Waals surface area contributed by atoms with Gasteiger partial charge in [0.15, 0.2) is 0 Å². The summed E-state index contributed by atoms with van der Waals surface area (Å²) in [5.74, 6) is 0.176. The van der Waals surface area contributed by atoms with Gasteiger partial charge in [-0.1, -0.05) is 30.3 Å². The Kier molecular flexibility index (Phi) is 4.43. The molecule has 2 amide bonds. The molecule has 1 saturated heterocycles. The van der Waals surface area contributed by atoms with E-state index in [1.54, 1.807) is 4.90 Å². The van der Waals surface area contributed by atoms with Crippen molar-refractivity contribution in [3.63, 3.8) is 0 Å². The molecule has 2 aliphatic rings. The van der Waals surface area contributed by atoms with Crippen molar-refractivity contribution in [2.24, 2.45) is 0 Å². The number of carbonyl (C=O) groups excluding carboxylic acids is 2. The molecule has 146 valence electrons. The third-order valence-corrected chi connectivity index (χ3v) is 5.91. The fourth-order valence-electron chi connectivity index (χ4n) is 4.46. The molecule has 0 saturated carbocycles. The molecule has 0 unspecified atom stereocenters. The maximum absolute atomic E-state index is 13.4. The SMILES string of the molecule is O=C1CCCN1c1ccc(C(=O)N2CCn3cccc3[C@@H]2c2ccccc2)cc1. The van der Waals surface area contributed by atoms with Crippen LogP contribution in [0, 0.1) is 0 Å².